The molecule has 1 saturated carbocycles. The highest BCUT2D eigenvalue weighted by Crippen LogP contribution is 2.32. The molecule has 1 saturated heterocycles. The van der Waals surface area contributed by atoms with Crippen LogP contribution in [0.3, 0.4) is 0 Å². The third kappa shape index (κ3) is 2.81. The first-order valence-corrected chi connectivity index (χ1v) is 6.85. The summed E-state index contributed by atoms with van der Waals surface area (Å²) in [4.78, 5) is 25.4. The molecule has 20 heavy (non-hydrogen) atoms. The molecule has 0 bridgehead atoms. The van der Waals surface area contributed by atoms with Gasteiger partial charge in [0.2, 0.25) is 5.91 Å². The number of likely N-dealkylation sites (tertiary alicyclic amines) is 1. The van der Waals surface area contributed by atoms with Gasteiger partial charge in [-0.1, -0.05) is 0 Å². The molecule has 0 aromatic heterocycles. The van der Waals surface area contributed by atoms with Crippen LogP contribution in [-0.2, 0) is 9.53 Å². The average Bonchev–Trinajstić information content (AvgIpc) is 3.21. The van der Waals surface area contributed by atoms with Gasteiger partial charge in [0, 0.05) is 24.9 Å². The van der Waals surface area contributed by atoms with Gasteiger partial charge >= 0.3 is 5.97 Å². The first kappa shape index (κ1) is 13.1. The van der Waals surface area contributed by atoms with E-state index in [1.165, 1.54) is 24.3 Å². The van der Waals surface area contributed by atoms with E-state index < -0.39 is 5.97 Å². The zero-order chi connectivity index (χ0) is 14.1. The molecule has 1 heterocycles. The molecule has 1 aromatic carbocycles. The minimum absolute atomic E-state index is 0.0764. The zero-order valence-electron chi connectivity index (χ0n) is 11.0. The van der Waals surface area contributed by atoms with Crippen molar-refractivity contribution in [2.75, 3.05) is 13.2 Å². The Hall–Kier alpha value is -1.91. The summed E-state index contributed by atoms with van der Waals surface area (Å²) in [5, 5.41) is 0. The number of carbonyl (C=O) groups excluding carboxylic acids is 2. The average molecular weight is 277 g/mol. The van der Waals surface area contributed by atoms with Crippen molar-refractivity contribution in [3.8, 4) is 0 Å². The van der Waals surface area contributed by atoms with E-state index in [2.05, 4.69) is 0 Å². The summed E-state index contributed by atoms with van der Waals surface area (Å²) in [5.74, 6) is -0.617. The number of nitrogens with zero attached hydrogens (tertiary/aromatic N) is 1. The van der Waals surface area contributed by atoms with Crippen LogP contribution in [0.5, 0.6) is 0 Å². The molecular weight excluding hydrogens is 261 g/mol. The predicted molar refractivity (Wildman–Crippen MR) is 69.5 cm³/mol. The molecule has 1 amide bonds. The first-order valence-electron chi connectivity index (χ1n) is 6.85. The zero-order valence-corrected chi connectivity index (χ0v) is 11.0. The molecular formula is C15H16FNO3. The number of benzene rings is 1. The van der Waals surface area contributed by atoms with Crippen LogP contribution >= 0.6 is 0 Å². The van der Waals surface area contributed by atoms with Crippen LogP contribution in [0, 0.1) is 11.7 Å². The van der Waals surface area contributed by atoms with E-state index in [0.29, 0.717) is 24.6 Å². The second-order valence-corrected chi connectivity index (χ2v) is 5.45. The SMILES string of the molecule is O=C(OCC1CC(=O)N(C2CC2)C1)c1ccc(F)cc1. The topological polar surface area (TPSA) is 46.6 Å². The quantitative estimate of drug-likeness (QED) is 0.791. The Kier molecular flexibility index (Phi) is 3.42. The fourth-order valence-corrected chi connectivity index (χ4v) is 2.52. The molecule has 106 valence electrons. The molecule has 1 atom stereocenters. The molecule has 1 unspecified atom stereocenters. The highest BCUT2D eigenvalue weighted by atomic mass is 19.1. The second kappa shape index (κ2) is 5.23. The van der Waals surface area contributed by atoms with Gasteiger partial charge in [-0.05, 0) is 37.1 Å². The molecule has 5 heteroatoms. The highest BCUT2D eigenvalue weighted by molar-refractivity contribution is 5.89. The Balaban J connectivity index is 1.51. The van der Waals surface area contributed by atoms with Crippen LogP contribution in [0.1, 0.15) is 29.6 Å². The predicted octanol–water partition coefficient (Wildman–Crippen LogP) is 1.99. The lowest BCUT2D eigenvalue weighted by Crippen LogP contribution is -2.27. The summed E-state index contributed by atoms with van der Waals surface area (Å²) in [5.41, 5.74) is 0.328. The third-order valence-corrected chi connectivity index (χ3v) is 3.76. The lowest BCUT2D eigenvalue weighted by Gasteiger charge is -2.15. The van der Waals surface area contributed by atoms with Crippen LogP contribution in [0.25, 0.3) is 0 Å². The van der Waals surface area contributed by atoms with Gasteiger partial charge in [0.05, 0.1) is 12.2 Å². The third-order valence-electron chi connectivity index (χ3n) is 3.76. The Labute approximate surface area is 116 Å². The maximum absolute atomic E-state index is 12.8. The van der Waals surface area contributed by atoms with Gasteiger partial charge in [-0.2, -0.15) is 0 Å². The van der Waals surface area contributed by atoms with Gasteiger partial charge in [-0.25, -0.2) is 9.18 Å². The maximum atomic E-state index is 12.8. The maximum Gasteiger partial charge on any atom is 0.338 e. The molecule has 4 nitrogen and oxygen atoms in total. The van der Waals surface area contributed by atoms with Crippen molar-refractivity contribution >= 4 is 11.9 Å². The summed E-state index contributed by atoms with van der Waals surface area (Å²) >= 11 is 0. The largest absolute Gasteiger partial charge is 0.462 e. The molecule has 1 aromatic rings. The normalized spacial score (nSPS) is 22.1. The molecule has 0 N–H and O–H groups in total. The number of amides is 1. The Morgan fingerprint density at radius 2 is 2.00 bits per heavy atom. The van der Waals surface area contributed by atoms with Gasteiger partial charge < -0.3 is 9.64 Å². The molecule has 2 aliphatic rings. The van der Waals surface area contributed by atoms with Crippen LogP contribution in [0.4, 0.5) is 4.39 Å². The number of ether oxygens (including phenoxy) is 1. The van der Waals surface area contributed by atoms with Crippen molar-refractivity contribution in [3.63, 3.8) is 0 Å². The van der Waals surface area contributed by atoms with E-state index in [9.17, 15) is 14.0 Å². The van der Waals surface area contributed by atoms with Crippen molar-refractivity contribution in [1.82, 2.24) is 4.90 Å². The van der Waals surface area contributed by atoms with Gasteiger partial charge in [0.15, 0.2) is 0 Å². The van der Waals surface area contributed by atoms with Gasteiger partial charge in [0.25, 0.3) is 0 Å². The van der Waals surface area contributed by atoms with Crippen molar-refractivity contribution < 1.29 is 18.7 Å². The fraction of sp³-hybridized carbons (Fsp3) is 0.467. The summed E-state index contributed by atoms with van der Waals surface area (Å²) in [7, 11) is 0. The van der Waals surface area contributed by atoms with Gasteiger partial charge in [-0.3, -0.25) is 4.79 Å². The van der Waals surface area contributed by atoms with Crippen molar-refractivity contribution in [2.24, 2.45) is 5.92 Å². The standard InChI is InChI=1S/C15H16FNO3/c16-12-3-1-11(2-4-12)15(19)20-9-10-7-14(18)17(8-10)13-5-6-13/h1-4,10,13H,5-9H2. The fourth-order valence-electron chi connectivity index (χ4n) is 2.52. The van der Waals surface area contributed by atoms with E-state index >= 15 is 0 Å². The first-order chi connectivity index (χ1) is 9.63. The van der Waals surface area contributed by atoms with E-state index in [-0.39, 0.29) is 24.2 Å². The second-order valence-electron chi connectivity index (χ2n) is 5.45. The molecule has 0 radical (unpaired) electrons. The monoisotopic (exact) mass is 277 g/mol. The number of hydrogen-bond donors (Lipinski definition) is 0. The van der Waals surface area contributed by atoms with Gasteiger partial charge in [0.1, 0.15) is 5.82 Å². The summed E-state index contributed by atoms with van der Waals surface area (Å²) in [6, 6.07) is 5.66. The number of rotatable bonds is 4. The Morgan fingerprint density at radius 1 is 1.30 bits per heavy atom. The Bertz CT molecular complexity index is 524. The van der Waals surface area contributed by atoms with Crippen LogP contribution in [0.15, 0.2) is 24.3 Å². The van der Waals surface area contributed by atoms with Crippen LogP contribution in [0.2, 0.25) is 0 Å². The van der Waals surface area contributed by atoms with E-state index in [4.69, 9.17) is 4.74 Å². The summed E-state index contributed by atoms with van der Waals surface area (Å²) in [6.07, 6.45) is 2.63. The lowest BCUT2D eigenvalue weighted by atomic mass is 10.1. The smallest absolute Gasteiger partial charge is 0.338 e. The lowest BCUT2D eigenvalue weighted by molar-refractivity contribution is -0.128. The minimum Gasteiger partial charge on any atom is -0.462 e. The molecule has 0 spiro atoms. The van der Waals surface area contributed by atoms with Gasteiger partial charge in [-0.15, -0.1) is 0 Å². The minimum atomic E-state index is -0.470. The van der Waals surface area contributed by atoms with Crippen LogP contribution < -0.4 is 0 Å². The van der Waals surface area contributed by atoms with E-state index in [1.807, 2.05) is 4.90 Å². The number of carbonyl (C=O) groups is 2. The molecule has 2 fully saturated rings. The highest BCUT2D eigenvalue weighted by Gasteiger charge is 2.39. The van der Waals surface area contributed by atoms with Crippen molar-refractivity contribution in [1.29, 1.82) is 0 Å². The Morgan fingerprint density at radius 3 is 2.65 bits per heavy atom. The molecule has 1 aliphatic heterocycles. The number of esters is 1. The summed E-state index contributed by atoms with van der Waals surface area (Å²) < 4.78 is 18.0. The number of hydrogen-bond acceptors (Lipinski definition) is 3. The van der Waals surface area contributed by atoms with Crippen molar-refractivity contribution in [2.45, 2.75) is 25.3 Å². The van der Waals surface area contributed by atoms with E-state index in [0.717, 1.165) is 12.8 Å². The van der Waals surface area contributed by atoms with E-state index in [1.54, 1.807) is 0 Å². The molecule has 1 aliphatic carbocycles. The number of halogens is 1. The summed E-state index contributed by atoms with van der Waals surface area (Å²) in [6.45, 7) is 0.922. The molecule has 3 rings (SSSR count). The van der Waals surface area contributed by atoms with Crippen LogP contribution in [-0.4, -0.2) is 36.0 Å². The van der Waals surface area contributed by atoms with Crippen molar-refractivity contribution in [3.05, 3.63) is 35.6 Å².